The SMILES string of the molecule is CCOc1ccc(C(NC)C2(C#N)COC2)cc1F. The van der Waals surface area contributed by atoms with E-state index >= 15 is 0 Å². The summed E-state index contributed by atoms with van der Waals surface area (Å²) in [5.41, 5.74) is 0.113. The summed E-state index contributed by atoms with van der Waals surface area (Å²) in [5.74, 6) is -0.176. The second kappa shape index (κ2) is 5.55. The lowest BCUT2D eigenvalue weighted by atomic mass is 9.76. The van der Waals surface area contributed by atoms with Crippen LogP contribution in [-0.2, 0) is 4.74 Å². The Morgan fingerprint density at radius 1 is 1.58 bits per heavy atom. The highest BCUT2D eigenvalue weighted by Crippen LogP contribution is 2.40. The van der Waals surface area contributed by atoms with Crippen molar-refractivity contribution in [3.63, 3.8) is 0 Å². The van der Waals surface area contributed by atoms with Crippen molar-refractivity contribution >= 4 is 0 Å². The number of benzene rings is 1. The Bertz CT molecular complexity index is 495. The average molecular weight is 264 g/mol. The molecule has 1 fully saturated rings. The van der Waals surface area contributed by atoms with Crippen LogP contribution in [0.25, 0.3) is 0 Å². The van der Waals surface area contributed by atoms with Crippen LogP contribution in [0.3, 0.4) is 0 Å². The van der Waals surface area contributed by atoms with Crippen LogP contribution in [0.4, 0.5) is 4.39 Å². The third-order valence-corrected chi connectivity index (χ3v) is 3.37. The summed E-state index contributed by atoms with van der Waals surface area (Å²) in [6.07, 6.45) is 0. The molecule has 1 unspecified atom stereocenters. The Kier molecular flexibility index (Phi) is 4.03. The average Bonchev–Trinajstić information content (AvgIpc) is 2.36. The quantitative estimate of drug-likeness (QED) is 0.884. The monoisotopic (exact) mass is 264 g/mol. The first-order valence-corrected chi connectivity index (χ1v) is 6.25. The Labute approximate surface area is 112 Å². The number of halogens is 1. The largest absolute Gasteiger partial charge is 0.491 e. The van der Waals surface area contributed by atoms with Gasteiger partial charge in [-0.2, -0.15) is 5.26 Å². The molecule has 0 bridgehead atoms. The van der Waals surface area contributed by atoms with Crippen molar-refractivity contribution in [1.29, 1.82) is 5.26 Å². The smallest absolute Gasteiger partial charge is 0.165 e. The van der Waals surface area contributed by atoms with Crippen LogP contribution in [0.15, 0.2) is 18.2 Å². The Morgan fingerprint density at radius 3 is 2.74 bits per heavy atom. The summed E-state index contributed by atoms with van der Waals surface area (Å²) in [5, 5.41) is 12.4. The van der Waals surface area contributed by atoms with Gasteiger partial charge in [-0.3, -0.25) is 0 Å². The van der Waals surface area contributed by atoms with E-state index < -0.39 is 11.2 Å². The van der Waals surface area contributed by atoms with Gasteiger partial charge >= 0.3 is 0 Å². The Hall–Kier alpha value is -1.64. The fourth-order valence-electron chi connectivity index (χ4n) is 2.35. The third-order valence-electron chi connectivity index (χ3n) is 3.37. The maximum Gasteiger partial charge on any atom is 0.165 e. The molecule has 1 heterocycles. The minimum Gasteiger partial charge on any atom is -0.491 e. The fraction of sp³-hybridized carbons (Fsp3) is 0.500. The van der Waals surface area contributed by atoms with Crippen LogP contribution in [0.2, 0.25) is 0 Å². The van der Waals surface area contributed by atoms with Crippen molar-refractivity contribution < 1.29 is 13.9 Å². The van der Waals surface area contributed by atoms with Crippen LogP contribution < -0.4 is 10.1 Å². The molecule has 1 aromatic carbocycles. The standard InChI is InChI=1S/C14H17FN2O2/c1-3-19-12-5-4-10(6-11(12)15)13(17-2)14(7-16)8-18-9-14/h4-6,13,17H,3,8-9H2,1-2H3. The highest BCUT2D eigenvalue weighted by molar-refractivity contribution is 5.34. The zero-order valence-corrected chi connectivity index (χ0v) is 11.1. The van der Waals surface area contributed by atoms with Gasteiger partial charge in [0.25, 0.3) is 0 Å². The van der Waals surface area contributed by atoms with E-state index in [0.717, 1.165) is 5.56 Å². The summed E-state index contributed by atoms with van der Waals surface area (Å²) in [6.45, 7) is 2.95. The normalized spacial score (nSPS) is 18.2. The summed E-state index contributed by atoms with van der Waals surface area (Å²) >= 11 is 0. The van der Waals surface area contributed by atoms with E-state index in [-0.39, 0.29) is 11.8 Å². The van der Waals surface area contributed by atoms with Gasteiger partial charge in [-0.1, -0.05) is 6.07 Å². The predicted molar refractivity (Wildman–Crippen MR) is 68.2 cm³/mol. The molecule has 1 N–H and O–H groups in total. The Balaban J connectivity index is 2.29. The molecule has 1 aliphatic rings. The van der Waals surface area contributed by atoms with Gasteiger partial charge in [0.2, 0.25) is 0 Å². The van der Waals surface area contributed by atoms with Gasteiger partial charge < -0.3 is 14.8 Å². The highest BCUT2D eigenvalue weighted by atomic mass is 19.1. The van der Waals surface area contributed by atoms with E-state index in [1.807, 2.05) is 0 Å². The molecule has 0 saturated carbocycles. The van der Waals surface area contributed by atoms with Crippen LogP contribution in [0.5, 0.6) is 5.75 Å². The molecular weight excluding hydrogens is 247 g/mol. The molecule has 0 radical (unpaired) electrons. The molecule has 1 saturated heterocycles. The number of hydrogen-bond acceptors (Lipinski definition) is 4. The van der Waals surface area contributed by atoms with Crippen LogP contribution in [-0.4, -0.2) is 26.9 Å². The lowest BCUT2D eigenvalue weighted by molar-refractivity contribution is -0.0964. The molecule has 19 heavy (non-hydrogen) atoms. The molecule has 5 heteroatoms. The summed E-state index contributed by atoms with van der Waals surface area (Å²) in [7, 11) is 1.76. The molecule has 102 valence electrons. The van der Waals surface area contributed by atoms with E-state index in [4.69, 9.17) is 9.47 Å². The molecule has 1 aliphatic heterocycles. The van der Waals surface area contributed by atoms with E-state index in [9.17, 15) is 9.65 Å². The van der Waals surface area contributed by atoms with Crippen LogP contribution >= 0.6 is 0 Å². The Morgan fingerprint density at radius 2 is 2.32 bits per heavy atom. The number of ether oxygens (including phenoxy) is 2. The van der Waals surface area contributed by atoms with Gasteiger partial charge in [0.05, 0.1) is 31.9 Å². The van der Waals surface area contributed by atoms with Crippen molar-refractivity contribution in [2.75, 3.05) is 26.9 Å². The van der Waals surface area contributed by atoms with Crippen molar-refractivity contribution in [3.8, 4) is 11.8 Å². The predicted octanol–water partition coefficient (Wildman–Crippen LogP) is 2.03. The second-order valence-corrected chi connectivity index (χ2v) is 4.61. The number of rotatable bonds is 5. The first-order valence-electron chi connectivity index (χ1n) is 6.25. The maximum atomic E-state index is 13.9. The summed E-state index contributed by atoms with van der Waals surface area (Å²) in [4.78, 5) is 0. The van der Waals surface area contributed by atoms with Gasteiger partial charge in [0.1, 0.15) is 5.41 Å². The van der Waals surface area contributed by atoms with Gasteiger partial charge in [-0.05, 0) is 31.7 Å². The van der Waals surface area contributed by atoms with Gasteiger partial charge in [0.15, 0.2) is 11.6 Å². The van der Waals surface area contributed by atoms with Gasteiger partial charge in [0, 0.05) is 0 Å². The number of nitrogens with zero attached hydrogens (tertiary/aromatic N) is 1. The summed E-state index contributed by atoms with van der Waals surface area (Å²) in [6, 6.07) is 6.83. The van der Waals surface area contributed by atoms with E-state index in [0.29, 0.717) is 19.8 Å². The minimum atomic E-state index is -0.617. The minimum absolute atomic E-state index is 0.233. The maximum absolute atomic E-state index is 13.9. The van der Waals surface area contributed by atoms with Crippen LogP contribution in [0.1, 0.15) is 18.5 Å². The van der Waals surface area contributed by atoms with Crippen molar-refractivity contribution in [2.45, 2.75) is 13.0 Å². The first-order chi connectivity index (χ1) is 9.16. The number of nitrogens with one attached hydrogen (secondary N) is 1. The molecule has 0 aliphatic carbocycles. The van der Waals surface area contributed by atoms with E-state index in [1.165, 1.54) is 6.07 Å². The lowest BCUT2D eigenvalue weighted by Crippen LogP contribution is -2.50. The van der Waals surface area contributed by atoms with E-state index in [2.05, 4.69) is 11.4 Å². The zero-order valence-electron chi connectivity index (χ0n) is 11.1. The molecule has 1 aromatic rings. The van der Waals surface area contributed by atoms with Crippen molar-refractivity contribution in [1.82, 2.24) is 5.32 Å². The molecule has 4 nitrogen and oxygen atoms in total. The molecule has 2 rings (SSSR count). The van der Waals surface area contributed by atoms with Crippen LogP contribution in [0, 0.1) is 22.6 Å². The lowest BCUT2D eigenvalue weighted by Gasteiger charge is -2.41. The number of hydrogen-bond donors (Lipinski definition) is 1. The van der Waals surface area contributed by atoms with Gasteiger partial charge in [-0.25, -0.2) is 4.39 Å². The van der Waals surface area contributed by atoms with E-state index in [1.54, 1.807) is 26.1 Å². The van der Waals surface area contributed by atoms with Gasteiger partial charge in [-0.15, -0.1) is 0 Å². The zero-order chi connectivity index (χ0) is 13.9. The molecule has 1 atom stereocenters. The topological polar surface area (TPSA) is 54.3 Å². The second-order valence-electron chi connectivity index (χ2n) is 4.61. The summed E-state index contributed by atoms with van der Waals surface area (Å²) < 4.78 is 24.2. The highest BCUT2D eigenvalue weighted by Gasteiger charge is 2.46. The molecule has 0 amide bonds. The fourth-order valence-corrected chi connectivity index (χ4v) is 2.35. The van der Waals surface area contributed by atoms with Crippen molar-refractivity contribution in [3.05, 3.63) is 29.6 Å². The molecule has 0 aromatic heterocycles. The molecular formula is C14H17FN2O2. The van der Waals surface area contributed by atoms with Crippen molar-refractivity contribution in [2.24, 2.45) is 5.41 Å². The first kappa shape index (κ1) is 13.8. The third kappa shape index (κ3) is 2.42. The number of nitriles is 1. The molecule has 0 spiro atoms.